The van der Waals surface area contributed by atoms with Gasteiger partial charge in [-0.1, -0.05) is 18.2 Å². The van der Waals surface area contributed by atoms with Gasteiger partial charge in [0.1, 0.15) is 11.6 Å². The largest absolute Gasteiger partial charge is 0.365 e. The summed E-state index contributed by atoms with van der Waals surface area (Å²) < 4.78 is 52.4. The number of halogens is 5. The fraction of sp³-hybridized carbons (Fsp3) is 0.476. The standard InChI is InChI=1S/C15H14ClF3N4.C6H10FNO/c1-23-6-10-11(7-23)21-15(16)22-14(10)20-5-8-3-2-4-9(12(8)17)13(18)19;7-6(5-9)1-3-8-4-2-6/h2-4,13H,5-7H2,1H3,(H,20,21,22);5,8H,1-4H2. The van der Waals surface area contributed by atoms with Crippen molar-refractivity contribution < 1.29 is 22.4 Å². The van der Waals surface area contributed by atoms with E-state index in [0.717, 1.165) is 17.3 Å². The molecule has 2 aliphatic rings. The quantitative estimate of drug-likeness (QED) is 0.388. The zero-order chi connectivity index (χ0) is 23.3. The fourth-order valence-corrected chi connectivity index (χ4v) is 3.76. The third-order valence-corrected chi connectivity index (χ3v) is 5.52. The molecule has 1 aromatic heterocycles. The van der Waals surface area contributed by atoms with Crippen LogP contribution in [0.2, 0.25) is 5.28 Å². The molecule has 0 bridgehead atoms. The Labute approximate surface area is 188 Å². The third kappa shape index (κ3) is 5.93. The van der Waals surface area contributed by atoms with Gasteiger partial charge in [-0.15, -0.1) is 0 Å². The molecule has 1 aromatic carbocycles. The van der Waals surface area contributed by atoms with Gasteiger partial charge in [-0.25, -0.2) is 27.5 Å². The molecule has 0 radical (unpaired) electrons. The molecule has 3 heterocycles. The summed E-state index contributed by atoms with van der Waals surface area (Å²) in [6, 6.07) is 3.95. The van der Waals surface area contributed by atoms with Gasteiger partial charge in [0, 0.05) is 43.6 Å². The molecule has 2 N–H and O–H groups in total. The van der Waals surface area contributed by atoms with Gasteiger partial charge in [0.15, 0.2) is 12.0 Å². The average molecular weight is 474 g/mol. The van der Waals surface area contributed by atoms with E-state index in [9.17, 15) is 22.4 Å². The van der Waals surface area contributed by atoms with Crippen molar-refractivity contribution in [3.63, 3.8) is 0 Å². The lowest BCUT2D eigenvalue weighted by molar-refractivity contribution is -0.119. The summed E-state index contributed by atoms with van der Waals surface area (Å²) in [5.74, 6) is -0.393. The summed E-state index contributed by atoms with van der Waals surface area (Å²) in [6.45, 7) is 2.58. The Morgan fingerprint density at radius 1 is 1.28 bits per heavy atom. The summed E-state index contributed by atoms with van der Waals surface area (Å²) in [5.41, 5.74) is -0.266. The van der Waals surface area contributed by atoms with E-state index >= 15 is 0 Å². The summed E-state index contributed by atoms with van der Waals surface area (Å²) in [6.07, 6.45) is -1.76. The topological polar surface area (TPSA) is 70.2 Å². The van der Waals surface area contributed by atoms with Gasteiger partial charge in [-0.05, 0) is 31.7 Å². The van der Waals surface area contributed by atoms with E-state index in [4.69, 9.17) is 11.6 Å². The first kappa shape index (κ1) is 24.3. The highest BCUT2D eigenvalue weighted by atomic mass is 35.5. The first-order valence-corrected chi connectivity index (χ1v) is 10.5. The van der Waals surface area contributed by atoms with E-state index in [1.165, 1.54) is 12.1 Å². The van der Waals surface area contributed by atoms with Crippen molar-refractivity contribution in [3.05, 3.63) is 51.7 Å². The number of nitrogens with one attached hydrogen (secondary N) is 2. The van der Waals surface area contributed by atoms with E-state index in [2.05, 4.69) is 20.6 Å². The number of nitrogens with zero attached hydrogens (tertiary/aromatic N) is 3. The molecule has 32 heavy (non-hydrogen) atoms. The monoisotopic (exact) mass is 473 g/mol. The average Bonchev–Trinajstić information content (AvgIpc) is 3.13. The first-order chi connectivity index (χ1) is 15.2. The van der Waals surface area contributed by atoms with Crippen LogP contribution in [0.25, 0.3) is 0 Å². The predicted octanol–water partition coefficient (Wildman–Crippen LogP) is 4.04. The number of piperidine rings is 1. The number of carbonyl (C=O) groups is 1. The lowest BCUT2D eigenvalue weighted by Crippen LogP contribution is -2.39. The van der Waals surface area contributed by atoms with Crippen LogP contribution in [-0.4, -0.2) is 47.0 Å². The van der Waals surface area contributed by atoms with Crippen molar-refractivity contribution >= 4 is 23.7 Å². The molecule has 0 spiro atoms. The van der Waals surface area contributed by atoms with Gasteiger partial charge in [0.25, 0.3) is 6.43 Å². The van der Waals surface area contributed by atoms with Crippen LogP contribution in [0, 0.1) is 5.82 Å². The number of aldehydes is 1. The van der Waals surface area contributed by atoms with Crippen molar-refractivity contribution in [1.29, 1.82) is 0 Å². The van der Waals surface area contributed by atoms with Crippen LogP contribution in [0.1, 0.15) is 41.7 Å². The van der Waals surface area contributed by atoms with Gasteiger partial charge >= 0.3 is 0 Å². The highest BCUT2D eigenvalue weighted by Crippen LogP contribution is 2.28. The number of carbonyl (C=O) groups excluding carboxylic acids is 1. The molecule has 1 fully saturated rings. The van der Waals surface area contributed by atoms with Gasteiger partial charge in [0.05, 0.1) is 11.3 Å². The molecule has 6 nitrogen and oxygen atoms in total. The number of fused-ring (bicyclic) bond motifs is 1. The number of alkyl halides is 3. The molecule has 2 aromatic rings. The molecule has 174 valence electrons. The maximum absolute atomic E-state index is 14.1. The van der Waals surface area contributed by atoms with Crippen LogP contribution in [-0.2, 0) is 24.4 Å². The van der Waals surface area contributed by atoms with Crippen molar-refractivity contribution in [2.45, 2.75) is 44.6 Å². The number of hydrogen-bond donors (Lipinski definition) is 2. The smallest absolute Gasteiger partial charge is 0.266 e. The molecular formula is C21H24ClF4N5O. The van der Waals surface area contributed by atoms with Crippen molar-refractivity contribution in [2.24, 2.45) is 0 Å². The van der Waals surface area contributed by atoms with E-state index in [0.29, 0.717) is 51.1 Å². The zero-order valence-electron chi connectivity index (χ0n) is 17.5. The highest BCUT2D eigenvalue weighted by molar-refractivity contribution is 6.28. The van der Waals surface area contributed by atoms with Crippen LogP contribution in [0.15, 0.2) is 18.2 Å². The van der Waals surface area contributed by atoms with Crippen molar-refractivity contribution in [1.82, 2.24) is 20.2 Å². The van der Waals surface area contributed by atoms with Gasteiger partial charge < -0.3 is 10.6 Å². The second-order valence-corrected chi connectivity index (χ2v) is 8.15. The Kier molecular flexibility index (Phi) is 8.02. The van der Waals surface area contributed by atoms with E-state index in [1.54, 1.807) is 0 Å². The summed E-state index contributed by atoms with van der Waals surface area (Å²) in [7, 11) is 1.94. The van der Waals surface area contributed by atoms with Crippen LogP contribution in [0.5, 0.6) is 0 Å². The van der Waals surface area contributed by atoms with Crippen molar-refractivity contribution in [2.75, 3.05) is 25.5 Å². The van der Waals surface area contributed by atoms with Gasteiger partial charge in [0.2, 0.25) is 5.28 Å². The number of aromatic nitrogens is 2. The second kappa shape index (κ2) is 10.5. The van der Waals surface area contributed by atoms with Crippen LogP contribution in [0.4, 0.5) is 23.4 Å². The zero-order valence-corrected chi connectivity index (χ0v) is 18.2. The Morgan fingerprint density at radius 3 is 2.62 bits per heavy atom. The Morgan fingerprint density at radius 2 is 2.00 bits per heavy atom. The minimum absolute atomic E-state index is 0.0376. The molecule has 0 unspecified atom stereocenters. The summed E-state index contributed by atoms with van der Waals surface area (Å²) >= 11 is 5.90. The van der Waals surface area contributed by atoms with Crippen LogP contribution in [0.3, 0.4) is 0 Å². The first-order valence-electron chi connectivity index (χ1n) is 10.1. The van der Waals surface area contributed by atoms with E-state index in [-0.39, 0.29) is 17.4 Å². The normalized spacial score (nSPS) is 17.5. The molecule has 0 aliphatic carbocycles. The fourth-order valence-electron chi connectivity index (χ4n) is 3.57. The minimum Gasteiger partial charge on any atom is -0.365 e. The lowest BCUT2D eigenvalue weighted by Gasteiger charge is -2.23. The Bertz CT molecular complexity index is 956. The molecule has 2 aliphatic heterocycles. The van der Waals surface area contributed by atoms with Gasteiger partial charge in [-0.3, -0.25) is 9.69 Å². The maximum atomic E-state index is 14.1. The number of hydrogen-bond acceptors (Lipinski definition) is 6. The molecule has 11 heteroatoms. The summed E-state index contributed by atoms with van der Waals surface area (Å²) in [5, 5.41) is 6.06. The molecule has 0 saturated carbocycles. The Balaban J connectivity index is 0.000000269. The molecular weight excluding hydrogens is 450 g/mol. The maximum Gasteiger partial charge on any atom is 0.266 e. The highest BCUT2D eigenvalue weighted by Gasteiger charge is 2.30. The van der Waals surface area contributed by atoms with E-state index < -0.39 is 23.5 Å². The Hall–Kier alpha value is -2.30. The van der Waals surface area contributed by atoms with Gasteiger partial charge in [-0.2, -0.15) is 0 Å². The van der Waals surface area contributed by atoms with Crippen LogP contribution < -0.4 is 10.6 Å². The third-order valence-electron chi connectivity index (χ3n) is 5.35. The van der Waals surface area contributed by atoms with E-state index in [1.807, 2.05) is 11.9 Å². The number of rotatable bonds is 5. The molecule has 0 atom stereocenters. The number of anilines is 1. The predicted molar refractivity (Wildman–Crippen MR) is 113 cm³/mol. The molecule has 1 saturated heterocycles. The second-order valence-electron chi connectivity index (χ2n) is 7.82. The lowest BCUT2D eigenvalue weighted by atomic mass is 9.97. The molecule has 4 rings (SSSR count). The molecule has 0 amide bonds. The van der Waals surface area contributed by atoms with Crippen molar-refractivity contribution in [3.8, 4) is 0 Å². The summed E-state index contributed by atoms with van der Waals surface area (Å²) in [4.78, 5) is 20.4. The SMILES string of the molecule is CN1Cc2nc(Cl)nc(NCc3cccc(C(F)F)c3F)c2C1.O=CC1(F)CCNCC1. The minimum atomic E-state index is -2.85. The van der Waals surface area contributed by atoms with Crippen LogP contribution >= 0.6 is 11.6 Å². The number of benzene rings is 1.